The van der Waals surface area contributed by atoms with Gasteiger partial charge < -0.3 is 10.3 Å². The third kappa shape index (κ3) is 3.42. The van der Waals surface area contributed by atoms with Crippen LogP contribution in [0, 0.1) is 18.3 Å². The van der Waals surface area contributed by atoms with Gasteiger partial charge in [-0.2, -0.15) is 5.26 Å². The highest BCUT2D eigenvalue weighted by atomic mass is 16.1. The Bertz CT molecular complexity index is 797. The molecule has 5 heteroatoms. The van der Waals surface area contributed by atoms with Crippen molar-refractivity contribution in [2.75, 3.05) is 5.32 Å². The molecular weight excluding hydrogens is 288 g/mol. The molecule has 1 aliphatic carbocycles. The van der Waals surface area contributed by atoms with Crippen molar-refractivity contribution >= 4 is 5.82 Å². The molecule has 2 aromatic rings. The van der Waals surface area contributed by atoms with Crippen molar-refractivity contribution in [3.8, 4) is 6.07 Å². The Balaban J connectivity index is 1.92. The maximum absolute atomic E-state index is 12.2. The Labute approximate surface area is 135 Å². The molecule has 0 saturated heterocycles. The maximum Gasteiger partial charge on any atom is 0.271 e. The molecule has 0 bridgehead atoms. The van der Waals surface area contributed by atoms with Crippen LogP contribution in [0.25, 0.3) is 0 Å². The summed E-state index contributed by atoms with van der Waals surface area (Å²) < 4.78 is 0. The van der Waals surface area contributed by atoms with Crippen molar-refractivity contribution in [1.82, 2.24) is 9.97 Å². The fourth-order valence-corrected chi connectivity index (χ4v) is 3.06. The van der Waals surface area contributed by atoms with Gasteiger partial charge in [0.1, 0.15) is 11.9 Å². The van der Waals surface area contributed by atoms with E-state index in [1.165, 1.54) is 12.8 Å². The van der Waals surface area contributed by atoms with Crippen LogP contribution in [-0.2, 0) is 6.42 Å². The predicted octanol–water partition coefficient (Wildman–Crippen LogP) is 2.90. The van der Waals surface area contributed by atoms with Crippen LogP contribution in [0.15, 0.2) is 29.1 Å². The van der Waals surface area contributed by atoms with Crippen LogP contribution in [0.2, 0.25) is 0 Å². The number of nitrogens with one attached hydrogen (secondary N) is 2. The average molecular weight is 308 g/mol. The number of nitriles is 1. The first-order chi connectivity index (χ1) is 11.2. The summed E-state index contributed by atoms with van der Waals surface area (Å²) in [5.41, 5.74) is 1.98. The monoisotopic (exact) mass is 308 g/mol. The fourth-order valence-electron chi connectivity index (χ4n) is 3.06. The highest BCUT2D eigenvalue weighted by Gasteiger charge is 2.19. The lowest BCUT2D eigenvalue weighted by Crippen LogP contribution is -2.23. The van der Waals surface area contributed by atoms with Gasteiger partial charge in [0.2, 0.25) is 0 Å². The normalized spacial score (nSPS) is 14.6. The molecule has 1 fully saturated rings. The molecule has 118 valence electrons. The molecule has 2 N–H and O–H groups in total. The first-order valence-corrected chi connectivity index (χ1v) is 8.01. The first kappa shape index (κ1) is 15.3. The van der Waals surface area contributed by atoms with Gasteiger partial charge in [-0.25, -0.2) is 4.98 Å². The van der Waals surface area contributed by atoms with Crippen LogP contribution in [0.3, 0.4) is 0 Å². The number of aromatic nitrogens is 2. The molecule has 5 nitrogen and oxygen atoms in total. The molecule has 0 atom stereocenters. The topological polar surface area (TPSA) is 81.6 Å². The number of nitrogens with zero attached hydrogens (tertiary/aromatic N) is 2. The van der Waals surface area contributed by atoms with E-state index in [0.717, 1.165) is 24.0 Å². The van der Waals surface area contributed by atoms with Crippen LogP contribution in [-0.4, -0.2) is 16.0 Å². The molecule has 0 spiro atoms. The quantitative estimate of drug-likeness (QED) is 0.910. The summed E-state index contributed by atoms with van der Waals surface area (Å²) in [4.78, 5) is 19.4. The molecule has 0 aliphatic heterocycles. The summed E-state index contributed by atoms with van der Waals surface area (Å²) in [7, 11) is 0. The van der Waals surface area contributed by atoms with Crippen molar-refractivity contribution in [2.45, 2.75) is 45.1 Å². The second kappa shape index (κ2) is 6.66. The summed E-state index contributed by atoms with van der Waals surface area (Å²) in [5, 5.41) is 12.5. The van der Waals surface area contributed by atoms with Crippen LogP contribution < -0.4 is 10.9 Å². The van der Waals surface area contributed by atoms with Gasteiger partial charge in [0.25, 0.3) is 5.56 Å². The highest BCUT2D eigenvalue weighted by molar-refractivity contribution is 5.51. The van der Waals surface area contributed by atoms with Crippen LogP contribution in [0.4, 0.5) is 5.82 Å². The Hall–Kier alpha value is -2.61. The minimum absolute atomic E-state index is 0.0745. The Morgan fingerprint density at radius 2 is 2.09 bits per heavy atom. The van der Waals surface area contributed by atoms with Gasteiger partial charge >= 0.3 is 0 Å². The van der Waals surface area contributed by atoms with Gasteiger partial charge in [-0.05, 0) is 30.9 Å². The van der Waals surface area contributed by atoms with Crippen LogP contribution in [0.1, 0.15) is 48.2 Å². The molecule has 0 amide bonds. The number of H-pyrrole nitrogens is 1. The lowest BCUT2D eigenvalue weighted by Gasteiger charge is -2.14. The zero-order chi connectivity index (χ0) is 16.2. The number of benzene rings is 1. The van der Waals surface area contributed by atoms with Crippen molar-refractivity contribution < 1.29 is 0 Å². The lowest BCUT2D eigenvalue weighted by atomic mass is 10.1. The highest BCUT2D eigenvalue weighted by Crippen LogP contribution is 2.22. The second-order valence-corrected chi connectivity index (χ2v) is 6.08. The number of anilines is 1. The Morgan fingerprint density at radius 3 is 2.78 bits per heavy atom. The molecule has 1 aliphatic rings. The molecule has 1 saturated carbocycles. The van der Waals surface area contributed by atoms with E-state index in [1.54, 1.807) is 0 Å². The van der Waals surface area contributed by atoms with Crippen molar-refractivity contribution in [3.05, 3.63) is 57.1 Å². The molecule has 1 aromatic carbocycles. The van der Waals surface area contributed by atoms with E-state index in [0.29, 0.717) is 24.1 Å². The summed E-state index contributed by atoms with van der Waals surface area (Å²) in [5.74, 6) is 1.01. The number of aryl methyl sites for hydroxylation is 1. The Morgan fingerprint density at radius 1 is 1.35 bits per heavy atom. The van der Waals surface area contributed by atoms with Gasteiger partial charge in [-0.15, -0.1) is 0 Å². The Kier molecular flexibility index (Phi) is 4.42. The predicted molar refractivity (Wildman–Crippen MR) is 89.4 cm³/mol. The second-order valence-electron chi connectivity index (χ2n) is 6.08. The van der Waals surface area contributed by atoms with Crippen molar-refractivity contribution in [1.29, 1.82) is 5.26 Å². The van der Waals surface area contributed by atoms with Crippen molar-refractivity contribution in [2.24, 2.45) is 0 Å². The van der Waals surface area contributed by atoms with Crippen molar-refractivity contribution in [3.63, 3.8) is 0 Å². The number of hydrogen-bond acceptors (Lipinski definition) is 4. The van der Waals surface area contributed by atoms with Gasteiger partial charge in [-0.1, -0.05) is 37.1 Å². The van der Waals surface area contributed by atoms with E-state index in [4.69, 9.17) is 0 Å². The van der Waals surface area contributed by atoms with E-state index in [1.807, 2.05) is 37.3 Å². The third-order valence-corrected chi connectivity index (χ3v) is 4.40. The molecule has 1 heterocycles. The lowest BCUT2D eigenvalue weighted by molar-refractivity contribution is 0.745. The van der Waals surface area contributed by atoms with Crippen LogP contribution >= 0.6 is 0 Å². The first-order valence-electron chi connectivity index (χ1n) is 8.01. The molecule has 23 heavy (non-hydrogen) atoms. The van der Waals surface area contributed by atoms with Gasteiger partial charge in [0.15, 0.2) is 11.4 Å². The van der Waals surface area contributed by atoms with E-state index in [2.05, 4.69) is 15.3 Å². The minimum Gasteiger partial charge on any atom is -0.366 e. The largest absolute Gasteiger partial charge is 0.366 e. The number of rotatable bonds is 4. The summed E-state index contributed by atoms with van der Waals surface area (Å²) >= 11 is 0. The fraction of sp³-hybridized carbons (Fsp3) is 0.389. The van der Waals surface area contributed by atoms with Gasteiger partial charge in [-0.3, -0.25) is 4.79 Å². The maximum atomic E-state index is 12.2. The SMILES string of the molecule is Cc1ccccc1Cc1nc(NC2CCCC2)c(C#N)c(=O)[nH]1. The molecule has 0 unspecified atom stereocenters. The average Bonchev–Trinajstić information content (AvgIpc) is 3.02. The number of aromatic amines is 1. The van der Waals surface area contributed by atoms with Gasteiger partial charge in [0.05, 0.1) is 0 Å². The van der Waals surface area contributed by atoms with E-state index in [-0.39, 0.29) is 11.1 Å². The summed E-state index contributed by atoms with van der Waals surface area (Å²) in [6, 6.07) is 10.3. The zero-order valence-corrected chi connectivity index (χ0v) is 13.2. The van der Waals surface area contributed by atoms with E-state index in [9.17, 15) is 10.1 Å². The number of hydrogen-bond donors (Lipinski definition) is 2. The minimum atomic E-state index is -0.369. The molecule has 1 aromatic heterocycles. The molecular formula is C18H20N4O. The molecule has 0 radical (unpaired) electrons. The van der Waals surface area contributed by atoms with Gasteiger partial charge in [0, 0.05) is 12.5 Å². The summed E-state index contributed by atoms with van der Waals surface area (Å²) in [6.45, 7) is 2.04. The molecule has 3 rings (SSSR count). The van der Waals surface area contributed by atoms with E-state index < -0.39 is 0 Å². The summed E-state index contributed by atoms with van der Waals surface area (Å²) in [6.07, 6.45) is 5.03. The standard InChI is InChI=1S/C18H20N4O/c1-12-6-2-3-7-13(12)10-16-21-17(15(11-19)18(23)22-16)20-14-8-4-5-9-14/h2-3,6-7,14H,4-5,8-10H2,1H3,(H2,20,21,22,23). The van der Waals surface area contributed by atoms with E-state index >= 15 is 0 Å². The van der Waals surface area contributed by atoms with Crippen LogP contribution in [0.5, 0.6) is 0 Å². The third-order valence-electron chi connectivity index (χ3n) is 4.40. The smallest absolute Gasteiger partial charge is 0.271 e. The zero-order valence-electron chi connectivity index (χ0n) is 13.2.